The molecule has 26 heavy (non-hydrogen) atoms. The number of rotatable bonds is 7. The molecule has 0 rings (SSSR count). The van der Waals surface area contributed by atoms with Gasteiger partial charge in [-0.1, -0.05) is 0 Å². The first kappa shape index (κ1) is 30.0. The number of halogens is 11. The first-order valence-electron chi connectivity index (χ1n) is 5.45. The molecule has 8 N–H and O–H groups in total. The van der Waals surface area contributed by atoms with Crippen LogP contribution in [0.1, 0.15) is 12.8 Å². The third-order valence-corrected chi connectivity index (χ3v) is 3.06. The van der Waals surface area contributed by atoms with E-state index < -0.39 is 57.1 Å². The second-order valence-electron chi connectivity index (χ2n) is 4.32. The van der Waals surface area contributed by atoms with Crippen molar-refractivity contribution >= 4 is 7.82 Å². The van der Waals surface area contributed by atoms with Crippen molar-refractivity contribution in [3.63, 3.8) is 0 Å². The van der Waals surface area contributed by atoms with Crippen LogP contribution in [0.15, 0.2) is 0 Å². The molecular formula is C8H14F11N2O4P. The summed E-state index contributed by atoms with van der Waals surface area (Å²) in [5, 5.41) is 0. The van der Waals surface area contributed by atoms with Gasteiger partial charge in [-0.2, -0.15) is 43.9 Å². The highest BCUT2D eigenvalue weighted by atomic mass is 31.2. The van der Waals surface area contributed by atoms with Crippen LogP contribution in [0, 0.1) is 0 Å². The van der Waals surface area contributed by atoms with Gasteiger partial charge in [0.1, 0.15) is 0 Å². The summed E-state index contributed by atoms with van der Waals surface area (Å²) in [6, 6.07) is 0. The van der Waals surface area contributed by atoms with Crippen LogP contribution < -0.4 is 22.1 Å². The second kappa shape index (κ2) is 8.52. The topological polar surface area (TPSA) is 145 Å². The number of quaternary nitrogens is 2. The summed E-state index contributed by atoms with van der Waals surface area (Å²) in [7, 11) is -5.74. The van der Waals surface area contributed by atoms with E-state index in [1.165, 1.54) is 0 Å². The van der Waals surface area contributed by atoms with Gasteiger partial charge in [0.05, 0.1) is 14.4 Å². The Morgan fingerprint density at radius 1 is 0.769 bits per heavy atom. The third-order valence-electron chi connectivity index (χ3n) is 2.56. The maximum atomic E-state index is 13.1. The lowest BCUT2D eigenvalue weighted by Gasteiger charge is -2.39. The summed E-state index contributed by atoms with van der Waals surface area (Å²) in [4.78, 5) is 19.9. The van der Waals surface area contributed by atoms with Gasteiger partial charge in [0, 0.05) is 6.42 Å². The van der Waals surface area contributed by atoms with Crippen molar-refractivity contribution in [2.75, 3.05) is 6.61 Å². The zero-order valence-electron chi connectivity index (χ0n) is 12.9. The van der Waals surface area contributed by atoms with Crippen molar-refractivity contribution in [3.05, 3.63) is 0 Å². The average Bonchev–Trinajstić information content (AvgIpc) is 2.29. The minimum absolute atomic E-state index is 0. The van der Waals surface area contributed by atoms with E-state index in [0.717, 1.165) is 0 Å². The highest BCUT2D eigenvalue weighted by Crippen LogP contribution is 2.59. The number of hydrogen-bond acceptors (Lipinski definition) is 4. The van der Waals surface area contributed by atoms with E-state index in [1.807, 2.05) is 0 Å². The van der Waals surface area contributed by atoms with Gasteiger partial charge in [0.15, 0.2) is 0 Å². The predicted octanol–water partition coefficient (Wildman–Crippen LogP) is 3.47. The van der Waals surface area contributed by atoms with Crippen molar-refractivity contribution in [1.82, 2.24) is 12.3 Å². The maximum Gasteiger partial charge on any atom is 0.438 e. The van der Waals surface area contributed by atoms with Crippen molar-refractivity contribution in [3.8, 4) is 0 Å². The lowest BCUT2D eigenvalue weighted by molar-refractivity contribution is -0.427. The van der Waals surface area contributed by atoms with E-state index in [0.29, 0.717) is 0 Å². The molecule has 18 heteroatoms. The molecule has 0 fully saturated rings. The smallest absolute Gasteiger partial charge is 0.438 e. The van der Waals surface area contributed by atoms with Gasteiger partial charge in [-0.15, -0.1) is 0 Å². The van der Waals surface area contributed by atoms with Crippen molar-refractivity contribution in [1.29, 1.82) is 0 Å². The van der Waals surface area contributed by atoms with Crippen LogP contribution in [0.2, 0.25) is 0 Å². The number of hydrogen-bond donors (Lipinski definition) is 2. The lowest BCUT2D eigenvalue weighted by atomic mass is 9.89. The van der Waals surface area contributed by atoms with Gasteiger partial charge in [0.2, 0.25) is 0 Å². The van der Waals surface area contributed by atoms with Crippen LogP contribution >= 0.6 is 7.82 Å². The summed E-state index contributed by atoms with van der Waals surface area (Å²) in [6.45, 7) is -1.53. The highest BCUT2D eigenvalue weighted by molar-refractivity contribution is 7.43. The Balaban J connectivity index is -0.00000264. The normalized spacial score (nSPS) is 14.5. The van der Waals surface area contributed by atoms with Crippen molar-refractivity contribution < 1.29 is 67.2 Å². The number of phosphoric ester groups is 1. The molecule has 0 radical (unpaired) electrons. The van der Waals surface area contributed by atoms with Crippen LogP contribution in [-0.4, -0.2) is 36.5 Å². The van der Waals surface area contributed by atoms with Crippen LogP contribution in [-0.2, 0) is 9.09 Å². The quantitative estimate of drug-likeness (QED) is 0.353. The Bertz CT molecular complexity index is 476. The standard InChI is InChI=1S/C8H8F11O4P.2H3N/c9-4(10,2-1-3-23-24(20,21)22)6(12,13)5(11,7(14,15)16)8(17,18)19;;/h1-3H2,(H2,20,21,22);2*1H3. The second-order valence-corrected chi connectivity index (χ2v) is 5.47. The number of phosphoric acid groups is 1. The molecule has 0 amide bonds. The maximum absolute atomic E-state index is 13.1. The molecule has 0 spiro atoms. The van der Waals surface area contributed by atoms with Crippen molar-refractivity contribution in [2.45, 2.75) is 42.7 Å². The van der Waals surface area contributed by atoms with E-state index in [9.17, 15) is 62.6 Å². The SMILES string of the molecule is O=P([O-])([O-])OCCCC(F)(F)C(F)(F)C(F)(C(F)(F)F)C(F)(F)F.[NH4+].[NH4+]. The fourth-order valence-electron chi connectivity index (χ4n) is 1.40. The van der Waals surface area contributed by atoms with Crippen molar-refractivity contribution in [2.24, 2.45) is 0 Å². The molecule has 162 valence electrons. The molecule has 0 aliphatic heterocycles. The zero-order valence-corrected chi connectivity index (χ0v) is 13.8. The van der Waals surface area contributed by atoms with E-state index in [2.05, 4.69) is 4.52 Å². The first-order valence-corrected chi connectivity index (χ1v) is 6.91. The summed E-state index contributed by atoms with van der Waals surface area (Å²) >= 11 is 0. The molecular weight excluding hydrogens is 428 g/mol. The fourth-order valence-corrected chi connectivity index (χ4v) is 1.75. The van der Waals surface area contributed by atoms with E-state index in [-0.39, 0.29) is 12.3 Å². The Morgan fingerprint density at radius 2 is 1.12 bits per heavy atom. The highest BCUT2D eigenvalue weighted by Gasteiger charge is 2.89. The Hall–Kier alpha value is -0.740. The van der Waals surface area contributed by atoms with Crippen LogP contribution in [0.4, 0.5) is 48.3 Å². The predicted molar refractivity (Wildman–Crippen MR) is 60.6 cm³/mol. The largest absolute Gasteiger partial charge is 0.790 e. The molecule has 0 saturated carbocycles. The van der Waals surface area contributed by atoms with Gasteiger partial charge in [-0.05, 0) is 6.42 Å². The first-order chi connectivity index (χ1) is 10.2. The third kappa shape index (κ3) is 5.88. The fraction of sp³-hybridized carbons (Fsp3) is 1.00. The van der Waals surface area contributed by atoms with Gasteiger partial charge in [0.25, 0.3) is 0 Å². The van der Waals surface area contributed by atoms with Gasteiger partial charge >= 0.3 is 29.9 Å². The van der Waals surface area contributed by atoms with Gasteiger partial charge in [-0.25, -0.2) is 4.39 Å². The van der Waals surface area contributed by atoms with E-state index in [1.54, 1.807) is 0 Å². The Morgan fingerprint density at radius 3 is 1.38 bits per heavy atom. The molecule has 0 aliphatic rings. The zero-order chi connectivity index (χ0) is 19.8. The number of alkyl halides is 11. The summed E-state index contributed by atoms with van der Waals surface area (Å²) in [5.74, 6) is -13.5. The van der Waals surface area contributed by atoms with Crippen LogP contribution in [0.5, 0.6) is 0 Å². The van der Waals surface area contributed by atoms with Crippen LogP contribution in [0.3, 0.4) is 0 Å². The Labute approximate surface area is 138 Å². The van der Waals surface area contributed by atoms with Crippen LogP contribution in [0.25, 0.3) is 0 Å². The molecule has 0 saturated heterocycles. The lowest BCUT2D eigenvalue weighted by Crippen LogP contribution is -2.70. The summed E-state index contributed by atoms with van der Waals surface area (Å²) in [6.07, 6.45) is -19.0. The molecule has 6 nitrogen and oxygen atoms in total. The summed E-state index contributed by atoms with van der Waals surface area (Å²) < 4.78 is 152. The molecule has 0 aromatic heterocycles. The molecule has 0 aromatic carbocycles. The van der Waals surface area contributed by atoms with E-state index >= 15 is 0 Å². The van der Waals surface area contributed by atoms with Gasteiger partial charge in [-0.3, -0.25) is 0 Å². The van der Waals surface area contributed by atoms with E-state index in [4.69, 9.17) is 0 Å². The minimum atomic E-state index is -7.57. The average molecular weight is 442 g/mol. The Kier molecular flexibility index (Phi) is 9.83. The molecule has 0 aromatic rings. The van der Waals surface area contributed by atoms with Gasteiger partial charge < -0.3 is 31.2 Å². The minimum Gasteiger partial charge on any atom is -0.790 e. The molecule has 0 bridgehead atoms. The molecule has 0 unspecified atom stereocenters. The summed E-state index contributed by atoms with van der Waals surface area (Å²) in [5.41, 5.74) is -7.57. The monoisotopic (exact) mass is 442 g/mol. The molecule has 0 aliphatic carbocycles. The molecule has 0 heterocycles. The molecule has 0 atom stereocenters.